The van der Waals surface area contributed by atoms with Gasteiger partial charge in [-0.1, -0.05) is 6.08 Å². The Labute approximate surface area is 149 Å². The van der Waals surface area contributed by atoms with Crippen LogP contribution in [0.5, 0.6) is 0 Å². The lowest BCUT2D eigenvalue weighted by molar-refractivity contribution is -0.339. The van der Waals surface area contributed by atoms with E-state index < -0.39 is 61.4 Å². The lowest BCUT2D eigenvalue weighted by Crippen LogP contribution is -2.60. The lowest BCUT2D eigenvalue weighted by atomic mass is 9.82. The van der Waals surface area contributed by atoms with E-state index in [9.17, 15) is 35.4 Å². The number of aliphatic hydroxyl groups excluding tert-OH is 5. The van der Waals surface area contributed by atoms with E-state index in [1.807, 2.05) is 0 Å². The molecule has 148 valence electrons. The highest BCUT2D eigenvalue weighted by Gasteiger charge is 2.47. The van der Waals surface area contributed by atoms with Gasteiger partial charge in [-0.25, -0.2) is 4.79 Å². The smallest absolute Gasteiger partial charge is 0.334 e. The zero-order valence-electron chi connectivity index (χ0n) is 13.9. The molecule has 6 N–H and O–H groups in total. The minimum Gasteiger partial charge on any atom is -0.478 e. The van der Waals surface area contributed by atoms with Gasteiger partial charge in [-0.05, 0) is 6.42 Å². The maximum Gasteiger partial charge on any atom is 0.334 e. The fraction of sp³-hybridized carbons (Fsp3) is 0.688. The summed E-state index contributed by atoms with van der Waals surface area (Å²) in [4.78, 5) is 11.4. The number of ether oxygens (including phenoxy) is 3. The summed E-state index contributed by atoms with van der Waals surface area (Å²) in [5, 5.41) is 57.4. The van der Waals surface area contributed by atoms with Gasteiger partial charge in [0.2, 0.25) is 6.29 Å². The Morgan fingerprint density at radius 3 is 2.42 bits per heavy atom. The number of aliphatic hydroxyl groups is 5. The molecule has 0 aromatic carbocycles. The minimum atomic E-state index is -1.62. The van der Waals surface area contributed by atoms with Crippen LogP contribution in [-0.4, -0.2) is 86.8 Å². The maximum absolute atomic E-state index is 11.4. The van der Waals surface area contributed by atoms with Gasteiger partial charge in [0, 0.05) is 18.4 Å². The number of hydrogen-bond acceptors (Lipinski definition) is 9. The molecular formula is C16H24O10. The van der Waals surface area contributed by atoms with Gasteiger partial charge in [0.15, 0.2) is 6.29 Å². The molecule has 0 aromatic rings. The Morgan fingerprint density at radius 2 is 1.88 bits per heavy atom. The van der Waals surface area contributed by atoms with Crippen LogP contribution in [0, 0.1) is 11.8 Å². The summed E-state index contributed by atoms with van der Waals surface area (Å²) in [5.74, 6) is -2.55. The second kappa shape index (κ2) is 8.91. The molecule has 0 spiro atoms. The third kappa shape index (κ3) is 4.07. The maximum atomic E-state index is 11.4. The number of carbonyl (C=O) groups is 1. The molecular weight excluding hydrogens is 352 g/mol. The number of hydrogen-bond donors (Lipinski definition) is 6. The van der Waals surface area contributed by atoms with Crippen LogP contribution in [0.15, 0.2) is 24.5 Å². The first-order chi connectivity index (χ1) is 12.3. The zero-order valence-corrected chi connectivity index (χ0v) is 13.9. The van der Waals surface area contributed by atoms with E-state index >= 15 is 0 Å². The highest BCUT2D eigenvalue weighted by atomic mass is 16.8. The van der Waals surface area contributed by atoms with E-state index in [1.165, 1.54) is 6.08 Å². The summed E-state index contributed by atoms with van der Waals surface area (Å²) in [6.45, 7) is 2.75. The predicted molar refractivity (Wildman–Crippen MR) is 84.3 cm³/mol. The molecule has 10 heteroatoms. The summed E-state index contributed by atoms with van der Waals surface area (Å²) in [6.07, 6.45) is -5.95. The Bertz CT molecular complexity index is 533. The van der Waals surface area contributed by atoms with E-state index in [0.717, 1.165) is 6.26 Å². The average Bonchev–Trinajstić information content (AvgIpc) is 2.62. The molecule has 0 radical (unpaired) electrons. The quantitative estimate of drug-likeness (QED) is 0.272. The van der Waals surface area contributed by atoms with Crippen molar-refractivity contribution in [2.24, 2.45) is 11.8 Å². The van der Waals surface area contributed by atoms with Crippen LogP contribution in [0.2, 0.25) is 0 Å². The second-order valence-corrected chi connectivity index (χ2v) is 6.15. The molecule has 0 bridgehead atoms. The molecule has 10 nitrogen and oxygen atoms in total. The first-order valence-corrected chi connectivity index (χ1v) is 8.13. The fourth-order valence-electron chi connectivity index (χ4n) is 3.12. The largest absolute Gasteiger partial charge is 0.478 e. The molecule has 2 rings (SSSR count). The number of aliphatic carboxylic acids is 1. The molecule has 8 unspecified atom stereocenters. The molecule has 0 saturated carbocycles. The van der Waals surface area contributed by atoms with Crippen molar-refractivity contribution in [3.8, 4) is 0 Å². The Balaban J connectivity index is 2.19. The summed E-state index contributed by atoms with van der Waals surface area (Å²) in [5.41, 5.74) is -0.0578. The van der Waals surface area contributed by atoms with E-state index in [1.54, 1.807) is 0 Å². The monoisotopic (exact) mass is 376 g/mol. The van der Waals surface area contributed by atoms with Gasteiger partial charge in [-0.2, -0.15) is 0 Å². The van der Waals surface area contributed by atoms with Gasteiger partial charge in [0.25, 0.3) is 0 Å². The first kappa shape index (κ1) is 20.8. The molecule has 1 saturated heterocycles. The minimum absolute atomic E-state index is 0.0578. The van der Waals surface area contributed by atoms with Crippen molar-refractivity contribution < 1.29 is 49.6 Å². The number of carboxylic acid groups (broad SMARTS) is 1. The molecule has 2 aliphatic heterocycles. The van der Waals surface area contributed by atoms with Gasteiger partial charge >= 0.3 is 5.97 Å². The van der Waals surface area contributed by atoms with Crippen LogP contribution in [0.4, 0.5) is 0 Å². The molecule has 8 atom stereocenters. The van der Waals surface area contributed by atoms with E-state index in [2.05, 4.69) is 6.58 Å². The molecule has 2 aliphatic rings. The molecule has 1 fully saturated rings. The van der Waals surface area contributed by atoms with Gasteiger partial charge in [0.1, 0.15) is 24.4 Å². The number of carboxylic acids is 1. The molecule has 0 amide bonds. The highest BCUT2D eigenvalue weighted by Crippen LogP contribution is 2.36. The Morgan fingerprint density at radius 1 is 1.19 bits per heavy atom. The zero-order chi connectivity index (χ0) is 19.4. The van der Waals surface area contributed by atoms with Crippen LogP contribution < -0.4 is 0 Å². The van der Waals surface area contributed by atoms with Crippen molar-refractivity contribution >= 4 is 5.97 Å². The van der Waals surface area contributed by atoms with Crippen LogP contribution in [0.25, 0.3) is 0 Å². The summed E-state index contributed by atoms with van der Waals surface area (Å²) < 4.78 is 16.1. The van der Waals surface area contributed by atoms with Crippen molar-refractivity contribution in [1.29, 1.82) is 0 Å². The summed E-state index contributed by atoms with van der Waals surface area (Å²) in [6, 6.07) is 0. The molecule has 0 aromatic heterocycles. The average molecular weight is 376 g/mol. The normalized spacial score (nSPS) is 40.4. The first-order valence-electron chi connectivity index (χ1n) is 8.13. The van der Waals surface area contributed by atoms with Gasteiger partial charge in [0.05, 0.1) is 18.4 Å². The van der Waals surface area contributed by atoms with Crippen LogP contribution >= 0.6 is 0 Å². The topological polar surface area (TPSA) is 166 Å². The van der Waals surface area contributed by atoms with Crippen LogP contribution in [0.1, 0.15) is 6.42 Å². The molecule has 2 heterocycles. The van der Waals surface area contributed by atoms with Crippen molar-refractivity contribution in [2.75, 3.05) is 13.2 Å². The third-order valence-electron chi connectivity index (χ3n) is 4.58. The van der Waals surface area contributed by atoms with Crippen molar-refractivity contribution in [1.82, 2.24) is 0 Å². The Hall–Kier alpha value is -1.53. The lowest BCUT2D eigenvalue weighted by Gasteiger charge is -2.42. The Kier molecular flexibility index (Phi) is 7.12. The van der Waals surface area contributed by atoms with Crippen LogP contribution in [-0.2, 0) is 19.0 Å². The van der Waals surface area contributed by atoms with E-state index in [-0.39, 0.29) is 18.6 Å². The van der Waals surface area contributed by atoms with Crippen molar-refractivity contribution in [2.45, 2.75) is 43.4 Å². The van der Waals surface area contributed by atoms with Crippen molar-refractivity contribution in [3.63, 3.8) is 0 Å². The number of rotatable bonds is 7. The second-order valence-electron chi connectivity index (χ2n) is 6.15. The third-order valence-corrected chi connectivity index (χ3v) is 4.58. The summed E-state index contributed by atoms with van der Waals surface area (Å²) >= 11 is 0. The fourth-order valence-corrected chi connectivity index (χ4v) is 3.12. The molecule has 0 aliphatic carbocycles. The highest BCUT2D eigenvalue weighted by molar-refractivity contribution is 5.87. The van der Waals surface area contributed by atoms with Gasteiger partial charge in [-0.15, -0.1) is 6.58 Å². The van der Waals surface area contributed by atoms with Crippen molar-refractivity contribution in [3.05, 3.63) is 24.5 Å². The van der Waals surface area contributed by atoms with E-state index in [0.29, 0.717) is 0 Å². The van der Waals surface area contributed by atoms with Crippen LogP contribution in [0.3, 0.4) is 0 Å². The summed E-state index contributed by atoms with van der Waals surface area (Å²) in [7, 11) is 0. The SMILES string of the molecule is C=CC1C(OC2OC(CO)C(O)C(O)C2O)OC=C(C(=O)O)C1CCO. The predicted octanol–water partition coefficient (Wildman–Crippen LogP) is -2.07. The molecule has 26 heavy (non-hydrogen) atoms. The van der Waals surface area contributed by atoms with Gasteiger partial charge in [-0.3, -0.25) is 0 Å². The van der Waals surface area contributed by atoms with Gasteiger partial charge < -0.3 is 44.8 Å². The van der Waals surface area contributed by atoms with E-state index in [4.69, 9.17) is 14.2 Å². The standard InChI is InChI=1S/C16H24O10/c1-2-7-8(3-4-17)9(14(22)23)6-24-15(7)26-16-13(21)12(20)11(19)10(5-18)25-16/h2,6-8,10-13,15-21H,1,3-5H2,(H,22,23).